The number of carbonyl (C=O) groups is 7. The number of piperazine rings is 11. The highest BCUT2D eigenvalue weighted by atomic mass is 32.2. The summed E-state index contributed by atoms with van der Waals surface area (Å²) in [6, 6.07) is 2.64. The van der Waals surface area contributed by atoms with E-state index < -0.39 is 40.1 Å². The van der Waals surface area contributed by atoms with Gasteiger partial charge in [0, 0.05) is 311 Å². The van der Waals surface area contributed by atoms with Crippen LogP contribution in [0.5, 0.6) is 0 Å². The molecule has 0 radical (unpaired) electrons. The minimum atomic E-state index is -3.04. The van der Waals surface area contributed by atoms with Crippen LogP contribution in [0.1, 0.15) is 96.9 Å². The molecule has 11 aliphatic rings. The zero-order valence-electron chi connectivity index (χ0n) is 80.1. The van der Waals surface area contributed by atoms with Gasteiger partial charge in [0.2, 0.25) is 83.0 Å². The Morgan fingerprint density at radius 2 is 0.512 bits per heavy atom. The predicted molar refractivity (Wildman–Crippen MR) is 486 cm³/mol. The molecule has 0 unspecified atom stereocenters. The first-order chi connectivity index (χ1) is 55.9. The first kappa shape index (κ1) is 114. The van der Waals surface area contributed by atoms with Crippen LogP contribution in [0.25, 0.3) is 0 Å². The second-order valence-corrected chi connectivity index (χ2v) is 43.3. The number of hydrogen-bond acceptors (Lipinski definition) is 26. The molecule has 0 spiro atoms. The van der Waals surface area contributed by atoms with E-state index in [9.17, 15) is 67.2 Å². The van der Waals surface area contributed by atoms with Gasteiger partial charge in [-0.3, -0.25) is 33.6 Å². The quantitative estimate of drug-likeness (QED) is 0.248. The van der Waals surface area contributed by atoms with Gasteiger partial charge in [0.05, 0.1) is 25.0 Å². The van der Waals surface area contributed by atoms with E-state index in [4.69, 9.17) is 0 Å². The highest BCUT2D eigenvalue weighted by molar-refractivity contribution is 7.89. The van der Waals surface area contributed by atoms with Gasteiger partial charge in [0.15, 0.2) is 0 Å². The smallest absolute Gasteiger partial charge is 0.220 e. The van der Waals surface area contributed by atoms with Crippen molar-refractivity contribution in [3.8, 4) is 0 Å². The van der Waals surface area contributed by atoms with Crippen LogP contribution in [0.2, 0.25) is 0 Å². The average Bonchev–Trinajstić information content (AvgIpc) is 0.795. The van der Waals surface area contributed by atoms with E-state index in [0.29, 0.717) is 62.4 Å². The van der Waals surface area contributed by atoms with Crippen molar-refractivity contribution < 1.29 is 67.2 Å². The van der Waals surface area contributed by atoms with E-state index in [1.807, 2.05) is 85.3 Å². The van der Waals surface area contributed by atoms with Crippen molar-refractivity contribution in [1.82, 2.24) is 105 Å². The number of amides is 7. The fourth-order valence-corrected chi connectivity index (χ4v) is 21.2. The number of carbonyl (C=O) groups excluding carboxylic acids is 7. The van der Waals surface area contributed by atoms with Crippen LogP contribution in [0, 0.1) is 0 Å². The maximum atomic E-state index is 11.4. The lowest BCUT2D eigenvalue weighted by Gasteiger charge is -2.42. The third-order valence-electron chi connectivity index (χ3n) is 23.3. The second kappa shape index (κ2) is 56.0. The van der Waals surface area contributed by atoms with E-state index >= 15 is 0 Å². The van der Waals surface area contributed by atoms with Crippen molar-refractivity contribution in [3.63, 3.8) is 0 Å². The van der Waals surface area contributed by atoms with Crippen LogP contribution in [-0.4, -0.2) is 567 Å². The van der Waals surface area contributed by atoms with Gasteiger partial charge in [-0.1, -0.05) is 0 Å². The largest absolute Gasteiger partial charge is 0.343 e. The van der Waals surface area contributed by atoms with Crippen molar-refractivity contribution in [2.45, 2.75) is 157 Å². The summed E-state index contributed by atoms with van der Waals surface area (Å²) in [7, 11) is 10.7. The Bertz CT molecular complexity index is 3350. The molecule has 0 aromatic rings. The number of nitrogens with zero attached hydrogens (tertiary/aromatic N) is 22. The third kappa shape index (κ3) is 45.2. The Balaban J connectivity index is 0.000000666. The number of likely N-dealkylation sites (N-methyl/N-ethyl adjacent to an activating group) is 11. The monoisotopic (exact) mass is 1810 g/mol. The minimum absolute atomic E-state index is 0.0868. The van der Waals surface area contributed by atoms with Gasteiger partial charge in [-0.15, -0.1) is 0 Å². The van der Waals surface area contributed by atoms with E-state index in [1.165, 1.54) is 29.3 Å². The topological polar surface area (TPSA) is 327 Å². The Hall–Kier alpha value is -4.51. The molecular formula is C80H168N22O15S4. The normalized spacial score (nSPS) is 27.8. The standard InChI is InChI=1S/C9H18N2O.C8H18N2O2S.2C8H16N2O.2C7H16N2O2S.3C7H14N2O.C6H14N2O2S.C6H12N2O/c1-7-5-10(4)6-8(2)11(7)9(3)12;1-7-5-9(3)6-8(2)10(7)13(4,11)12;2*1-7-6-9(3)4-5-10(7)8(2)11;2*1-7-6-8(2)4-5-9(7)12(3,10)11;1-7(10)9-5-3-8(2)4-6-9;2*1-7-5-8(2)3-4-9(7)6-10;1-7-3-5-8(6-4-7)11(2,9)10;1-7-2-4-8(6-9)5-3-7/h7-8H,5-6H2,1-4H3;7-8H,5-6H2,1-4H3;2*7H,4-6H2,1-3H3;2*7H,4-6H2,1-3H3;3-6H2,1-2H3;2*6-7H,3-5H2,1-2H3;3-6H2,1-2H3;6H,2-5H2,1H3/t2*7-,8+;4*7-;;2*7-;;/m..1010.10../s1. The lowest BCUT2D eigenvalue weighted by atomic mass is 10.1. The van der Waals surface area contributed by atoms with E-state index in [-0.39, 0.29) is 47.8 Å². The molecule has 712 valence electrons. The summed E-state index contributed by atoms with van der Waals surface area (Å²) < 4.78 is 95.9. The Kier molecular flexibility index (Phi) is 52.9. The first-order valence-electron chi connectivity index (χ1n) is 43.0. The molecule has 0 N–H and O–H groups in total. The van der Waals surface area contributed by atoms with E-state index in [2.05, 4.69) is 145 Å². The summed E-state index contributed by atoms with van der Waals surface area (Å²) in [6.07, 6.45) is 7.90. The lowest BCUT2D eigenvalue weighted by Crippen LogP contribution is -2.57. The number of sulfonamides is 4. The van der Waals surface area contributed by atoms with Crippen molar-refractivity contribution in [2.75, 3.05) is 325 Å². The molecule has 11 saturated heterocycles. The van der Waals surface area contributed by atoms with Gasteiger partial charge >= 0.3 is 0 Å². The number of hydrogen-bond donors (Lipinski definition) is 0. The SMILES string of the molecule is CC(=O)N1CCN(C)CC1.CC(=O)N1CCN(C)C[C@@H]1C.CC(=O)N1CCN(C)C[C@H]1C.CC(=O)N1[C@H](C)CN(C)C[C@@H]1C.CN1CCN(C=O)CC1.CN1CCN(S(C)(=O)=O)CC1.C[C@@H]1CN(C)CCN1C=O.C[C@@H]1CN(C)CCN1S(C)(=O)=O.C[C@@H]1CN(C)C[C@H](C)N1S(C)(=O)=O.C[C@H]1CN(C)CCN1C=O.C[C@H]1CN(C)CCN1S(C)(=O)=O. The molecule has 41 heteroatoms. The maximum Gasteiger partial charge on any atom is 0.220 e. The molecule has 11 aliphatic heterocycles. The summed E-state index contributed by atoms with van der Waals surface area (Å²) >= 11 is 0. The second-order valence-electron chi connectivity index (χ2n) is 35.6. The van der Waals surface area contributed by atoms with Gasteiger partial charge in [0.1, 0.15) is 0 Å². The summed E-state index contributed by atoms with van der Waals surface area (Å²) in [5, 5.41) is 0. The average molecular weight is 1810 g/mol. The highest BCUT2D eigenvalue weighted by Gasteiger charge is 2.36. The van der Waals surface area contributed by atoms with Crippen molar-refractivity contribution >= 4 is 83.0 Å². The fourth-order valence-electron chi connectivity index (χ4n) is 16.7. The molecule has 121 heavy (non-hydrogen) atoms. The summed E-state index contributed by atoms with van der Waals surface area (Å²) in [4.78, 5) is 113. The molecule has 11 heterocycles. The molecule has 10 atom stereocenters. The van der Waals surface area contributed by atoms with Crippen LogP contribution >= 0.6 is 0 Å². The Labute approximate surface area is 733 Å². The molecule has 0 aromatic carbocycles. The first-order valence-corrected chi connectivity index (χ1v) is 50.4. The Morgan fingerprint density at radius 1 is 0.248 bits per heavy atom. The minimum Gasteiger partial charge on any atom is -0.343 e. The van der Waals surface area contributed by atoms with E-state index in [0.717, 1.165) is 216 Å². The summed E-state index contributed by atoms with van der Waals surface area (Å²) in [5.41, 5.74) is 0. The van der Waals surface area contributed by atoms with Gasteiger partial charge < -0.3 is 88.2 Å². The van der Waals surface area contributed by atoms with Crippen LogP contribution in [-0.2, 0) is 73.7 Å². The molecule has 37 nitrogen and oxygen atoms in total. The third-order valence-corrected chi connectivity index (χ3v) is 28.9. The zero-order chi connectivity index (χ0) is 92.9. The number of rotatable bonds is 7. The molecule has 11 rings (SSSR count). The maximum absolute atomic E-state index is 11.4. The van der Waals surface area contributed by atoms with E-state index in [1.54, 1.807) is 45.5 Å². The molecule has 0 saturated carbocycles. The van der Waals surface area contributed by atoms with Crippen molar-refractivity contribution in [3.05, 3.63) is 0 Å². The van der Waals surface area contributed by atoms with Gasteiger partial charge in [-0.2, -0.15) is 17.2 Å². The molecule has 11 fully saturated rings. The molecule has 0 aromatic heterocycles. The van der Waals surface area contributed by atoms with Crippen LogP contribution in [0.15, 0.2) is 0 Å². The Morgan fingerprint density at radius 3 is 0.760 bits per heavy atom. The van der Waals surface area contributed by atoms with Crippen LogP contribution < -0.4 is 0 Å². The van der Waals surface area contributed by atoms with Gasteiger partial charge in [0.25, 0.3) is 0 Å². The van der Waals surface area contributed by atoms with Crippen LogP contribution in [0.4, 0.5) is 0 Å². The molecular weight excluding hydrogens is 1640 g/mol. The van der Waals surface area contributed by atoms with Crippen molar-refractivity contribution in [2.24, 2.45) is 0 Å². The van der Waals surface area contributed by atoms with Crippen LogP contribution in [0.3, 0.4) is 0 Å². The fraction of sp³-hybridized carbons (Fsp3) is 0.912. The molecule has 0 bridgehead atoms. The zero-order valence-corrected chi connectivity index (χ0v) is 83.4. The van der Waals surface area contributed by atoms with Gasteiger partial charge in [-0.05, 0) is 147 Å². The summed E-state index contributed by atoms with van der Waals surface area (Å²) in [5.74, 6) is 0.799. The molecule has 0 aliphatic carbocycles. The van der Waals surface area contributed by atoms with Crippen molar-refractivity contribution in [1.29, 1.82) is 0 Å². The predicted octanol–water partition coefficient (Wildman–Crippen LogP) is -2.05. The molecule has 7 amide bonds. The summed E-state index contributed by atoms with van der Waals surface area (Å²) in [6.45, 7) is 57.2. The lowest BCUT2D eigenvalue weighted by molar-refractivity contribution is -0.136. The van der Waals surface area contributed by atoms with Gasteiger partial charge in [-0.25, -0.2) is 33.7 Å². The highest BCUT2D eigenvalue weighted by Crippen LogP contribution is 2.20.